The highest BCUT2D eigenvalue weighted by Gasteiger charge is 2.16. The zero-order valence-corrected chi connectivity index (χ0v) is 15.4. The number of benzene rings is 2. The lowest BCUT2D eigenvalue weighted by molar-refractivity contribution is 0.0939. The van der Waals surface area contributed by atoms with Crippen molar-refractivity contribution in [3.63, 3.8) is 0 Å². The van der Waals surface area contributed by atoms with Gasteiger partial charge in [-0.15, -0.1) is 0 Å². The van der Waals surface area contributed by atoms with Crippen molar-refractivity contribution in [2.24, 2.45) is 0 Å². The van der Waals surface area contributed by atoms with E-state index in [1.807, 2.05) is 13.8 Å². The number of nitrogens with zero attached hydrogens (tertiary/aromatic N) is 3. The molecule has 0 radical (unpaired) electrons. The number of halogens is 1. The summed E-state index contributed by atoms with van der Waals surface area (Å²) in [5, 5.41) is 10.3. The van der Waals surface area contributed by atoms with Crippen LogP contribution in [0.2, 0.25) is 0 Å². The number of aromatic amines is 1. The minimum atomic E-state index is -0.442. The first-order valence-electron chi connectivity index (χ1n) is 8.95. The van der Waals surface area contributed by atoms with Gasteiger partial charge in [0.15, 0.2) is 5.65 Å². The van der Waals surface area contributed by atoms with Gasteiger partial charge in [-0.3, -0.25) is 9.59 Å². The van der Waals surface area contributed by atoms with Gasteiger partial charge in [0.05, 0.1) is 10.9 Å². The molecule has 4 aromatic rings. The van der Waals surface area contributed by atoms with Gasteiger partial charge >= 0.3 is 0 Å². The van der Waals surface area contributed by atoms with Crippen molar-refractivity contribution in [1.29, 1.82) is 0 Å². The summed E-state index contributed by atoms with van der Waals surface area (Å²) in [6.07, 6.45) is 0.810. The fourth-order valence-corrected chi connectivity index (χ4v) is 3.01. The van der Waals surface area contributed by atoms with Gasteiger partial charge in [-0.05, 0) is 43.7 Å². The number of nitrogens with one attached hydrogen (secondary N) is 2. The first kappa shape index (κ1) is 17.8. The predicted octanol–water partition coefficient (Wildman–Crippen LogP) is 2.91. The highest BCUT2D eigenvalue weighted by Crippen LogP contribution is 2.23. The van der Waals surface area contributed by atoms with Crippen LogP contribution in [0.5, 0.6) is 0 Å². The highest BCUT2D eigenvalue weighted by atomic mass is 19.1. The molecule has 1 amide bonds. The van der Waals surface area contributed by atoms with Crippen LogP contribution < -0.4 is 10.9 Å². The minimum absolute atomic E-state index is 0.0371. The van der Waals surface area contributed by atoms with E-state index in [-0.39, 0.29) is 17.6 Å². The molecule has 2 heterocycles. The second-order valence-corrected chi connectivity index (χ2v) is 6.66. The van der Waals surface area contributed by atoms with E-state index in [1.54, 1.807) is 30.3 Å². The van der Waals surface area contributed by atoms with Crippen LogP contribution in [0.4, 0.5) is 4.39 Å². The number of carbonyl (C=O) groups excluding carboxylic acids is 1. The third-order valence-electron chi connectivity index (χ3n) is 4.71. The van der Waals surface area contributed by atoms with Crippen molar-refractivity contribution < 1.29 is 9.18 Å². The van der Waals surface area contributed by atoms with Crippen LogP contribution >= 0.6 is 0 Å². The van der Waals surface area contributed by atoms with Crippen LogP contribution in [0.25, 0.3) is 27.8 Å². The van der Waals surface area contributed by atoms with Gasteiger partial charge in [-0.1, -0.05) is 19.1 Å². The number of amides is 1. The molecule has 4 rings (SSSR count). The predicted molar refractivity (Wildman–Crippen MR) is 104 cm³/mol. The van der Waals surface area contributed by atoms with Crippen LogP contribution in [-0.2, 0) is 0 Å². The Hall–Kier alpha value is -3.55. The van der Waals surface area contributed by atoms with E-state index in [0.717, 1.165) is 6.42 Å². The second kappa shape index (κ2) is 6.88. The lowest BCUT2D eigenvalue weighted by Gasteiger charge is -2.11. The van der Waals surface area contributed by atoms with Crippen LogP contribution in [-0.4, -0.2) is 31.8 Å². The molecule has 0 unspecified atom stereocenters. The molecule has 0 aliphatic carbocycles. The molecule has 0 bridgehead atoms. The summed E-state index contributed by atoms with van der Waals surface area (Å²) >= 11 is 0. The van der Waals surface area contributed by atoms with Crippen LogP contribution in [0, 0.1) is 5.82 Å². The Morgan fingerprint density at radius 3 is 2.86 bits per heavy atom. The molecule has 0 aliphatic rings. The van der Waals surface area contributed by atoms with Gasteiger partial charge in [-0.25, -0.2) is 14.1 Å². The summed E-state index contributed by atoms with van der Waals surface area (Å²) in [5.41, 5.74) is 1.57. The fourth-order valence-electron chi connectivity index (χ4n) is 3.01. The van der Waals surface area contributed by atoms with E-state index in [9.17, 15) is 14.0 Å². The van der Waals surface area contributed by atoms with Gasteiger partial charge in [-0.2, -0.15) is 10.1 Å². The molecule has 8 heteroatoms. The molecule has 142 valence electrons. The summed E-state index contributed by atoms with van der Waals surface area (Å²) in [6.45, 7) is 3.91. The summed E-state index contributed by atoms with van der Waals surface area (Å²) in [7, 11) is 0. The molecule has 2 aromatic heterocycles. The summed E-state index contributed by atoms with van der Waals surface area (Å²) < 4.78 is 15.1. The Balaban J connectivity index is 1.90. The third kappa shape index (κ3) is 3.02. The zero-order chi connectivity index (χ0) is 19.8. The van der Waals surface area contributed by atoms with Crippen molar-refractivity contribution in [1.82, 2.24) is 25.1 Å². The van der Waals surface area contributed by atoms with Crippen molar-refractivity contribution in [3.8, 4) is 11.3 Å². The fraction of sp³-hybridized carbons (Fsp3) is 0.200. The smallest absolute Gasteiger partial charge is 0.281 e. The van der Waals surface area contributed by atoms with Crippen molar-refractivity contribution in [2.75, 3.05) is 0 Å². The third-order valence-corrected chi connectivity index (χ3v) is 4.71. The van der Waals surface area contributed by atoms with Gasteiger partial charge in [0.1, 0.15) is 11.5 Å². The molecule has 7 nitrogen and oxygen atoms in total. The normalized spacial score (nSPS) is 12.4. The van der Waals surface area contributed by atoms with E-state index in [0.29, 0.717) is 27.7 Å². The van der Waals surface area contributed by atoms with Crippen molar-refractivity contribution in [3.05, 3.63) is 64.2 Å². The highest BCUT2D eigenvalue weighted by molar-refractivity contribution is 5.98. The quantitative estimate of drug-likeness (QED) is 0.570. The number of fused-ring (bicyclic) bond motifs is 3. The summed E-state index contributed by atoms with van der Waals surface area (Å²) in [5.74, 6) is -0.634. The number of carbonyl (C=O) groups is 1. The Morgan fingerprint density at radius 1 is 1.29 bits per heavy atom. The molecular formula is C20H18FN5O2. The molecule has 2 aromatic carbocycles. The Labute approximate surface area is 159 Å². The monoisotopic (exact) mass is 379 g/mol. The Bertz CT molecular complexity index is 1260. The molecular weight excluding hydrogens is 361 g/mol. The number of aromatic nitrogens is 4. The maximum absolute atomic E-state index is 13.6. The first-order valence-corrected chi connectivity index (χ1v) is 8.95. The van der Waals surface area contributed by atoms with Gasteiger partial charge in [0.2, 0.25) is 0 Å². The van der Waals surface area contributed by atoms with Gasteiger partial charge < -0.3 is 5.32 Å². The molecule has 28 heavy (non-hydrogen) atoms. The van der Waals surface area contributed by atoms with E-state index >= 15 is 0 Å². The van der Waals surface area contributed by atoms with Crippen LogP contribution in [0.1, 0.15) is 30.6 Å². The number of H-pyrrole nitrogens is 1. The van der Waals surface area contributed by atoms with Crippen LogP contribution in [0.3, 0.4) is 0 Å². The standard InChI is InChI=1S/C20H18FN5O2/c1-3-11(2)22-19(27)13-7-8-15-16(10-13)26-18(23-20(15)28)17(24-25-26)12-5-4-6-14(21)9-12/h4-11,25H,3H2,1-2H3,(H,22,27)/t11-/m1/s1. The second-order valence-electron chi connectivity index (χ2n) is 6.66. The van der Waals surface area contributed by atoms with E-state index in [1.165, 1.54) is 16.6 Å². The van der Waals surface area contributed by atoms with E-state index < -0.39 is 11.4 Å². The Kier molecular flexibility index (Phi) is 4.38. The van der Waals surface area contributed by atoms with E-state index in [4.69, 9.17) is 0 Å². The zero-order valence-electron chi connectivity index (χ0n) is 15.4. The average molecular weight is 379 g/mol. The number of rotatable bonds is 4. The minimum Gasteiger partial charge on any atom is -0.350 e. The summed E-state index contributed by atoms with van der Waals surface area (Å²) in [4.78, 5) is 29.1. The summed E-state index contributed by atoms with van der Waals surface area (Å²) in [6, 6.07) is 10.7. The first-order chi connectivity index (χ1) is 13.5. The van der Waals surface area contributed by atoms with E-state index in [2.05, 4.69) is 20.6 Å². The molecule has 0 fully saturated rings. The van der Waals surface area contributed by atoms with Gasteiger partial charge in [0, 0.05) is 17.2 Å². The molecule has 0 saturated carbocycles. The van der Waals surface area contributed by atoms with Crippen LogP contribution in [0.15, 0.2) is 47.3 Å². The van der Waals surface area contributed by atoms with Crippen molar-refractivity contribution >= 4 is 22.5 Å². The molecule has 0 spiro atoms. The largest absolute Gasteiger partial charge is 0.350 e. The van der Waals surface area contributed by atoms with Gasteiger partial charge in [0.25, 0.3) is 11.5 Å². The molecule has 0 aliphatic heterocycles. The number of hydrogen-bond donors (Lipinski definition) is 2. The molecule has 0 saturated heterocycles. The number of hydrogen-bond acceptors (Lipinski definition) is 4. The topological polar surface area (TPSA) is 92.2 Å². The van der Waals surface area contributed by atoms with Crippen molar-refractivity contribution in [2.45, 2.75) is 26.3 Å². The lowest BCUT2D eigenvalue weighted by atomic mass is 10.1. The average Bonchev–Trinajstić information content (AvgIpc) is 3.11. The maximum atomic E-state index is 13.6. The Morgan fingerprint density at radius 2 is 2.11 bits per heavy atom. The lowest BCUT2D eigenvalue weighted by Crippen LogP contribution is -2.31. The molecule has 1 atom stereocenters. The maximum Gasteiger partial charge on any atom is 0.281 e. The molecule has 2 N–H and O–H groups in total. The SMILES string of the molecule is CC[C@@H](C)NC(=O)c1ccc2c(=O)nc3c(-c4cccc(F)c4)n[nH]n3c2c1.